The van der Waals surface area contributed by atoms with Gasteiger partial charge in [0, 0.05) is 25.6 Å². The summed E-state index contributed by atoms with van der Waals surface area (Å²) in [5.41, 5.74) is -0.191. The number of aliphatic hydroxyl groups excluding tert-OH is 1. The number of nitrogens with zero attached hydrogens (tertiary/aromatic N) is 4. The Morgan fingerprint density at radius 1 is 1.10 bits per heavy atom. The lowest BCUT2D eigenvalue weighted by Crippen LogP contribution is -2.57. The summed E-state index contributed by atoms with van der Waals surface area (Å²) >= 11 is 0. The van der Waals surface area contributed by atoms with Gasteiger partial charge in [0.05, 0.1) is 11.9 Å². The van der Waals surface area contributed by atoms with Crippen LogP contribution in [0.4, 0.5) is 14.5 Å². The molecule has 2 aromatic carbocycles. The number of sulfonamides is 2. The van der Waals surface area contributed by atoms with Crippen LogP contribution >= 0.6 is 0 Å². The molecule has 2 heterocycles. The standard InChI is InChI=1S/C26H26F2N4O6S2/c1-30(39(2,35)36)32-19-5-3-4-6-20(19)40(37,38)29-25(32)22-24(33)21-15-8-9-16(12-15)23(21)31(26(22)34)13-14-7-10-17(27)18(28)11-14/h3-7,10-11,15-16,21,23,33H,8-9,12-13H2,1-2H3/t15-,16+,21+,23-/m0/s1. The fourth-order valence-corrected chi connectivity index (χ4v) is 8.25. The van der Waals surface area contributed by atoms with E-state index in [0.29, 0.717) is 5.56 Å². The van der Waals surface area contributed by atoms with Crippen LogP contribution in [0.15, 0.2) is 63.1 Å². The third-order valence-corrected chi connectivity index (χ3v) is 10.8. The Balaban J connectivity index is 1.54. The lowest BCUT2D eigenvalue weighted by Gasteiger charge is -2.45. The first kappa shape index (κ1) is 26.8. The largest absolute Gasteiger partial charge is 0.511 e. The number of hydrazine groups is 1. The molecule has 2 saturated carbocycles. The zero-order valence-corrected chi connectivity index (χ0v) is 23.2. The normalized spacial score (nSPS) is 27.2. The number of benzene rings is 2. The molecule has 0 saturated heterocycles. The van der Waals surface area contributed by atoms with Crippen LogP contribution in [-0.4, -0.2) is 62.3 Å². The van der Waals surface area contributed by atoms with Crippen LogP contribution in [0, 0.1) is 29.4 Å². The Labute approximate surface area is 230 Å². The number of hydrogen-bond donors (Lipinski definition) is 1. The number of fused-ring (bicyclic) bond motifs is 6. The van der Waals surface area contributed by atoms with E-state index in [2.05, 4.69) is 4.40 Å². The Morgan fingerprint density at radius 3 is 2.50 bits per heavy atom. The number of hydrogen-bond acceptors (Lipinski definition) is 7. The molecule has 1 amide bonds. The van der Waals surface area contributed by atoms with Gasteiger partial charge in [-0.15, -0.1) is 8.81 Å². The van der Waals surface area contributed by atoms with Crippen molar-refractivity contribution in [3.8, 4) is 0 Å². The Bertz CT molecular complexity index is 1730. The van der Waals surface area contributed by atoms with Gasteiger partial charge in [-0.2, -0.15) is 8.42 Å². The molecule has 2 fully saturated rings. The van der Waals surface area contributed by atoms with Gasteiger partial charge in [0.1, 0.15) is 16.2 Å². The van der Waals surface area contributed by atoms with Gasteiger partial charge in [0.15, 0.2) is 17.5 Å². The molecule has 40 heavy (non-hydrogen) atoms. The number of anilines is 1. The molecule has 10 nitrogen and oxygen atoms in total. The van der Waals surface area contributed by atoms with Gasteiger partial charge in [0.25, 0.3) is 15.9 Å². The summed E-state index contributed by atoms with van der Waals surface area (Å²) in [5.74, 6) is -4.29. The molecule has 1 N–H and O–H groups in total. The van der Waals surface area contributed by atoms with Crippen LogP contribution in [0.2, 0.25) is 0 Å². The average Bonchev–Trinajstić information content (AvgIpc) is 3.50. The molecule has 6 rings (SSSR count). The molecule has 0 radical (unpaired) electrons. The number of para-hydroxylation sites is 1. The van der Waals surface area contributed by atoms with Gasteiger partial charge < -0.3 is 10.0 Å². The maximum absolute atomic E-state index is 14.2. The topological polar surface area (TPSA) is 128 Å². The maximum Gasteiger partial charge on any atom is 0.286 e. The van der Waals surface area contributed by atoms with Crippen molar-refractivity contribution in [1.29, 1.82) is 0 Å². The fourth-order valence-electron chi connectivity index (χ4n) is 6.62. The van der Waals surface area contributed by atoms with Crippen LogP contribution in [0.1, 0.15) is 24.8 Å². The number of carbonyl (C=O) groups is 1. The first-order chi connectivity index (χ1) is 18.8. The Morgan fingerprint density at radius 2 is 1.80 bits per heavy atom. The number of rotatable bonds is 5. The van der Waals surface area contributed by atoms with E-state index >= 15 is 0 Å². The molecule has 2 aliphatic carbocycles. The van der Waals surface area contributed by atoms with E-state index in [9.17, 15) is 35.5 Å². The molecule has 2 aromatic rings. The van der Waals surface area contributed by atoms with Crippen molar-refractivity contribution in [2.24, 2.45) is 22.2 Å². The third kappa shape index (κ3) is 4.03. The summed E-state index contributed by atoms with van der Waals surface area (Å²) in [4.78, 5) is 15.4. The smallest absolute Gasteiger partial charge is 0.286 e. The minimum atomic E-state index is -4.40. The Kier molecular flexibility index (Phi) is 6.09. The molecule has 4 atom stereocenters. The summed E-state index contributed by atoms with van der Waals surface area (Å²) in [6, 6.07) is 8.49. The highest BCUT2D eigenvalue weighted by Gasteiger charge is 2.58. The summed E-state index contributed by atoms with van der Waals surface area (Å²) in [6.07, 6.45) is 3.25. The van der Waals surface area contributed by atoms with E-state index in [-0.39, 0.29) is 34.7 Å². The van der Waals surface area contributed by atoms with Crippen molar-refractivity contribution in [1.82, 2.24) is 9.31 Å². The van der Waals surface area contributed by atoms with E-state index in [1.807, 2.05) is 0 Å². The van der Waals surface area contributed by atoms with E-state index in [1.165, 1.54) is 42.3 Å². The minimum Gasteiger partial charge on any atom is -0.511 e. The highest BCUT2D eigenvalue weighted by molar-refractivity contribution is 7.90. The van der Waals surface area contributed by atoms with Gasteiger partial charge in [-0.3, -0.25) is 4.79 Å². The first-order valence-corrected chi connectivity index (χ1v) is 15.9. The van der Waals surface area contributed by atoms with Crippen LogP contribution in [-0.2, 0) is 31.4 Å². The summed E-state index contributed by atoms with van der Waals surface area (Å²) in [6.45, 7) is -0.129. The van der Waals surface area contributed by atoms with Gasteiger partial charge in [-0.05, 0) is 60.9 Å². The monoisotopic (exact) mass is 592 g/mol. The number of amidine groups is 1. The number of halogens is 2. The molecule has 0 aromatic heterocycles. The maximum atomic E-state index is 14.2. The predicted molar refractivity (Wildman–Crippen MR) is 141 cm³/mol. The number of amides is 1. The fraction of sp³-hybridized carbons (Fsp3) is 0.385. The lowest BCUT2D eigenvalue weighted by molar-refractivity contribution is -0.134. The predicted octanol–water partition coefficient (Wildman–Crippen LogP) is 2.95. The van der Waals surface area contributed by atoms with Gasteiger partial charge in [-0.25, -0.2) is 22.2 Å². The summed E-state index contributed by atoms with van der Waals surface area (Å²) in [7, 11) is -7.23. The zero-order chi connectivity index (χ0) is 28.7. The SMILES string of the molecule is CN(N1C(C2=C(O)[C@@H]3[C@H]4CC[C@H](C4)[C@@H]3N(Cc3ccc(F)c(F)c3)C2=O)=NS(=O)(=O)c2ccccc21)S(C)(=O)=O. The molecule has 2 bridgehead atoms. The van der Waals surface area contributed by atoms with Gasteiger partial charge >= 0.3 is 0 Å². The molecule has 14 heteroatoms. The third-order valence-electron chi connectivity index (χ3n) is 8.38. The van der Waals surface area contributed by atoms with Crippen molar-refractivity contribution >= 4 is 37.5 Å². The second-order valence-electron chi connectivity index (χ2n) is 10.7. The highest BCUT2D eigenvalue weighted by Crippen LogP contribution is 2.55. The molecule has 0 spiro atoms. The van der Waals surface area contributed by atoms with Crippen LogP contribution in [0.5, 0.6) is 0 Å². The van der Waals surface area contributed by atoms with Crippen LogP contribution < -0.4 is 5.01 Å². The average molecular weight is 593 g/mol. The van der Waals surface area contributed by atoms with Crippen molar-refractivity contribution < 1.29 is 35.5 Å². The minimum absolute atomic E-state index is 0.000254. The molecule has 2 aliphatic heterocycles. The number of aliphatic hydroxyl groups is 1. The molecule has 4 aliphatic rings. The summed E-state index contributed by atoms with van der Waals surface area (Å²) < 4.78 is 84.2. The molecular weight excluding hydrogens is 566 g/mol. The first-order valence-electron chi connectivity index (χ1n) is 12.7. The van der Waals surface area contributed by atoms with E-state index in [0.717, 1.165) is 47.1 Å². The van der Waals surface area contributed by atoms with Crippen molar-refractivity contribution in [3.05, 3.63) is 71.0 Å². The van der Waals surface area contributed by atoms with Crippen LogP contribution in [0.3, 0.4) is 0 Å². The molecule has 0 unspecified atom stereocenters. The van der Waals surface area contributed by atoms with E-state index < -0.39 is 61.0 Å². The molecule has 212 valence electrons. The van der Waals surface area contributed by atoms with Gasteiger partial charge in [0.2, 0.25) is 10.0 Å². The van der Waals surface area contributed by atoms with Crippen LogP contribution in [0.25, 0.3) is 0 Å². The van der Waals surface area contributed by atoms with E-state index in [4.69, 9.17) is 0 Å². The molecular formula is C26H26F2N4O6S2. The van der Waals surface area contributed by atoms with Crippen molar-refractivity contribution in [2.45, 2.75) is 36.7 Å². The van der Waals surface area contributed by atoms with E-state index in [1.54, 1.807) is 0 Å². The van der Waals surface area contributed by atoms with Crippen molar-refractivity contribution in [3.63, 3.8) is 0 Å². The lowest BCUT2D eigenvalue weighted by atomic mass is 9.77. The van der Waals surface area contributed by atoms with Gasteiger partial charge in [-0.1, -0.05) is 18.2 Å². The second-order valence-corrected chi connectivity index (χ2v) is 14.2. The quantitative estimate of drug-likeness (QED) is 0.566. The number of carbonyl (C=O) groups excluding carboxylic acids is 1. The zero-order valence-electron chi connectivity index (χ0n) is 21.5. The highest BCUT2D eigenvalue weighted by atomic mass is 32.2. The van der Waals surface area contributed by atoms with Crippen molar-refractivity contribution in [2.75, 3.05) is 18.3 Å². The Hall–Kier alpha value is -3.36. The second kappa shape index (κ2) is 9.08. The summed E-state index contributed by atoms with van der Waals surface area (Å²) in [5, 5.41) is 12.6.